The second-order valence-corrected chi connectivity index (χ2v) is 5.83. The second-order valence-electron chi connectivity index (χ2n) is 4.41. The lowest BCUT2D eigenvalue weighted by molar-refractivity contribution is 0.102. The van der Waals surface area contributed by atoms with Gasteiger partial charge in [-0.25, -0.2) is 0 Å². The lowest BCUT2D eigenvalue weighted by Crippen LogP contribution is -2.11. The van der Waals surface area contributed by atoms with Gasteiger partial charge in [0.05, 0.1) is 23.7 Å². The molecule has 0 bridgehead atoms. The van der Waals surface area contributed by atoms with Crippen LogP contribution in [0, 0.1) is 6.92 Å². The first-order valence-electron chi connectivity index (χ1n) is 6.23. The molecule has 3 nitrogen and oxygen atoms in total. The van der Waals surface area contributed by atoms with E-state index in [-0.39, 0.29) is 11.5 Å². The fraction of sp³-hybridized carbons (Fsp3) is 0.188. The fourth-order valence-electron chi connectivity index (χ4n) is 1.87. The van der Waals surface area contributed by atoms with Crippen LogP contribution in [0.3, 0.4) is 0 Å². The van der Waals surface area contributed by atoms with Gasteiger partial charge in [-0.1, -0.05) is 18.2 Å². The van der Waals surface area contributed by atoms with Gasteiger partial charge < -0.3 is 4.74 Å². The number of methoxy groups -OCH3 is 1. The van der Waals surface area contributed by atoms with Gasteiger partial charge in [-0.15, -0.1) is 0 Å². The Morgan fingerprint density at radius 2 is 1.75 bits per heavy atom. The molecular formula is C16H16O3S. The van der Waals surface area contributed by atoms with E-state index in [1.54, 1.807) is 37.4 Å². The van der Waals surface area contributed by atoms with Gasteiger partial charge in [0.1, 0.15) is 5.75 Å². The first-order valence-corrected chi connectivity index (χ1v) is 7.55. The highest BCUT2D eigenvalue weighted by Crippen LogP contribution is 2.15. The summed E-state index contributed by atoms with van der Waals surface area (Å²) in [5, 5.41) is 0. The maximum atomic E-state index is 12.2. The van der Waals surface area contributed by atoms with Crippen molar-refractivity contribution in [3.8, 4) is 5.75 Å². The van der Waals surface area contributed by atoms with E-state index < -0.39 is 10.8 Å². The number of Topliss-reactive ketones (excluding diaryl/α,β-unsaturated/α-hetero) is 1. The van der Waals surface area contributed by atoms with Crippen molar-refractivity contribution in [1.82, 2.24) is 0 Å². The zero-order valence-electron chi connectivity index (χ0n) is 11.5. The average Bonchev–Trinajstić information content (AvgIpc) is 2.47. The van der Waals surface area contributed by atoms with E-state index in [0.717, 1.165) is 10.5 Å². The molecule has 2 aromatic rings. The van der Waals surface area contributed by atoms with Crippen molar-refractivity contribution < 1.29 is 13.7 Å². The van der Waals surface area contributed by atoms with Crippen LogP contribution in [0.15, 0.2) is 53.4 Å². The number of carbonyl (C=O) groups is 1. The van der Waals surface area contributed by atoms with Crippen molar-refractivity contribution in [2.24, 2.45) is 0 Å². The van der Waals surface area contributed by atoms with Gasteiger partial charge >= 0.3 is 0 Å². The highest BCUT2D eigenvalue weighted by Gasteiger charge is 2.13. The van der Waals surface area contributed by atoms with Crippen LogP contribution in [-0.4, -0.2) is 22.9 Å². The van der Waals surface area contributed by atoms with Gasteiger partial charge in [0.2, 0.25) is 0 Å². The maximum absolute atomic E-state index is 12.2. The summed E-state index contributed by atoms with van der Waals surface area (Å²) in [6.07, 6.45) is 0. The molecule has 2 aromatic carbocycles. The van der Waals surface area contributed by atoms with Crippen molar-refractivity contribution >= 4 is 16.6 Å². The summed E-state index contributed by atoms with van der Waals surface area (Å²) in [6.45, 7) is 1.89. The zero-order valence-corrected chi connectivity index (χ0v) is 12.3. The van der Waals surface area contributed by atoms with Crippen molar-refractivity contribution in [2.45, 2.75) is 11.8 Å². The molecule has 0 fully saturated rings. The molecule has 0 aliphatic carbocycles. The third-order valence-electron chi connectivity index (χ3n) is 3.01. The minimum Gasteiger partial charge on any atom is -0.497 e. The third kappa shape index (κ3) is 3.33. The van der Waals surface area contributed by atoms with Gasteiger partial charge in [-0.3, -0.25) is 9.00 Å². The first kappa shape index (κ1) is 14.5. The molecule has 2 rings (SSSR count). The van der Waals surface area contributed by atoms with E-state index in [9.17, 15) is 9.00 Å². The average molecular weight is 288 g/mol. The molecule has 0 aromatic heterocycles. The summed E-state index contributed by atoms with van der Waals surface area (Å²) in [7, 11) is 0.260. The van der Waals surface area contributed by atoms with Gasteiger partial charge in [0.15, 0.2) is 5.78 Å². The maximum Gasteiger partial charge on any atom is 0.175 e. The summed E-state index contributed by atoms with van der Waals surface area (Å²) in [6, 6.07) is 14.2. The minimum atomic E-state index is -1.31. The molecule has 0 amide bonds. The number of carbonyl (C=O) groups excluding carboxylic acids is 1. The van der Waals surface area contributed by atoms with E-state index in [0.29, 0.717) is 11.3 Å². The first-order chi connectivity index (χ1) is 9.61. The lowest BCUT2D eigenvalue weighted by Gasteiger charge is -2.06. The van der Waals surface area contributed by atoms with E-state index >= 15 is 0 Å². The molecule has 104 valence electrons. The number of rotatable bonds is 5. The summed E-state index contributed by atoms with van der Waals surface area (Å²) in [5.74, 6) is 0.563. The summed E-state index contributed by atoms with van der Waals surface area (Å²) < 4.78 is 17.3. The minimum absolute atomic E-state index is 0.00280. The number of ether oxygens (including phenoxy) is 1. The highest BCUT2D eigenvalue weighted by molar-refractivity contribution is 7.85. The van der Waals surface area contributed by atoms with Crippen LogP contribution in [0.4, 0.5) is 0 Å². The molecule has 0 aliphatic heterocycles. The number of benzene rings is 2. The Morgan fingerprint density at radius 3 is 2.35 bits per heavy atom. The molecule has 0 saturated carbocycles. The van der Waals surface area contributed by atoms with Crippen molar-refractivity contribution in [2.75, 3.05) is 12.9 Å². The summed E-state index contributed by atoms with van der Waals surface area (Å²) in [4.78, 5) is 12.8. The number of hydrogen-bond donors (Lipinski definition) is 0. The molecule has 0 spiro atoms. The molecule has 0 radical (unpaired) electrons. The molecule has 20 heavy (non-hydrogen) atoms. The Kier molecular flexibility index (Phi) is 4.69. The standard InChI is InChI=1S/C16H16O3S/c1-12-5-3-4-6-16(12)20(18)11-15(17)13-7-9-14(19-2)10-8-13/h3-10H,11H2,1-2H3. The predicted octanol–water partition coefficient (Wildman–Crippen LogP) is 2.99. The van der Waals surface area contributed by atoms with Crippen LogP contribution in [0.25, 0.3) is 0 Å². The van der Waals surface area contributed by atoms with Gasteiger partial charge in [-0.2, -0.15) is 0 Å². The van der Waals surface area contributed by atoms with Crippen LogP contribution >= 0.6 is 0 Å². The monoisotopic (exact) mass is 288 g/mol. The van der Waals surface area contributed by atoms with Crippen molar-refractivity contribution in [3.05, 3.63) is 59.7 Å². The van der Waals surface area contributed by atoms with Crippen molar-refractivity contribution in [3.63, 3.8) is 0 Å². The molecule has 0 saturated heterocycles. The van der Waals surface area contributed by atoms with E-state index in [4.69, 9.17) is 4.74 Å². The van der Waals surface area contributed by atoms with Crippen molar-refractivity contribution in [1.29, 1.82) is 0 Å². The van der Waals surface area contributed by atoms with Crippen LogP contribution in [0.1, 0.15) is 15.9 Å². The molecule has 0 heterocycles. The Morgan fingerprint density at radius 1 is 1.10 bits per heavy atom. The van der Waals surface area contributed by atoms with Crippen LogP contribution < -0.4 is 4.74 Å². The van der Waals surface area contributed by atoms with Gasteiger partial charge in [0, 0.05) is 10.5 Å². The Hall–Kier alpha value is -1.94. The Balaban J connectivity index is 2.11. The van der Waals surface area contributed by atoms with Crippen LogP contribution in [0.5, 0.6) is 5.75 Å². The number of aryl methyl sites for hydroxylation is 1. The smallest absolute Gasteiger partial charge is 0.175 e. The molecule has 0 aliphatic rings. The predicted molar refractivity (Wildman–Crippen MR) is 79.8 cm³/mol. The summed E-state index contributed by atoms with van der Waals surface area (Å²) in [5.41, 5.74) is 1.49. The molecule has 0 N–H and O–H groups in total. The quantitative estimate of drug-likeness (QED) is 0.794. The van der Waals surface area contributed by atoms with Crippen LogP contribution in [-0.2, 0) is 10.8 Å². The lowest BCUT2D eigenvalue weighted by atomic mass is 10.1. The second kappa shape index (κ2) is 6.48. The Bertz CT molecular complexity index is 632. The summed E-state index contributed by atoms with van der Waals surface area (Å²) >= 11 is 0. The zero-order chi connectivity index (χ0) is 14.5. The van der Waals surface area contributed by atoms with E-state index in [1.807, 2.05) is 25.1 Å². The fourth-order valence-corrected chi connectivity index (χ4v) is 3.09. The molecular weight excluding hydrogens is 272 g/mol. The SMILES string of the molecule is COc1ccc(C(=O)CS(=O)c2ccccc2C)cc1. The van der Waals surface area contributed by atoms with Gasteiger partial charge in [0.25, 0.3) is 0 Å². The molecule has 1 unspecified atom stereocenters. The highest BCUT2D eigenvalue weighted by atomic mass is 32.2. The number of hydrogen-bond acceptors (Lipinski definition) is 3. The number of ketones is 1. The van der Waals surface area contributed by atoms with Gasteiger partial charge in [-0.05, 0) is 42.8 Å². The molecule has 1 atom stereocenters. The topological polar surface area (TPSA) is 43.4 Å². The van der Waals surface area contributed by atoms with E-state index in [2.05, 4.69) is 0 Å². The van der Waals surface area contributed by atoms with E-state index in [1.165, 1.54) is 0 Å². The van der Waals surface area contributed by atoms with Crippen LogP contribution in [0.2, 0.25) is 0 Å². The largest absolute Gasteiger partial charge is 0.497 e. The normalized spacial score (nSPS) is 11.9. The molecule has 4 heteroatoms. The third-order valence-corrected chi connectivity index (χ3v) is 4.49. The Labute approximate surface area is 121 Å².